The molecule has 0 spiro atoms. The van der Waals surface area contributed by atoms with Crippen molar-refractivity contribution in [3.63, 3.8) is 0 Å². The van der Waals surface area contributed by atoms with Gasteiger partial charge in [-0.05, 0) is 48.2 Å². The van der Waals surface area contributed by atoms with E-state index in [2.05, 4.69) is 0 Å². The number of aryl methyl sites for hydroxylation is 2. The maximum Gasteiger partial charge on any atom is 0.165 e. The van der Waals surface area contributed by atoms with E-state index in [0.717, 1.165) is 22.3 Å². The second-order valence-corrected chi connectivity index (χ2v) is 4.82. The summed E-state index contributed by atoms with van der Waals surface area (Å²) in [6.45, 7) is 4.42. The van der Waals surface area contributed by atoms with Gasteiger partial charge in [0.1, 0.15) is 6.61 Å². The molecule has 0 aliphatic heterocycles. The summed E-state index contributed by atoms with van der Waals surface area (Å²) in [5, 5.41) is 0. The number of halogens is 2. The highest BCUT2D eigenvalue weighted by molar-refractivity contribution is 6.17. The van der Waals surface area contributed by atoms with Crippen molar-refractivity contribution >= 4 is 11.6 Å². The minimum absolute atomic E-state index is 0.261. The fourth-order valence-corrected chi connectivity index (χ4v) is 2.14. The van der Waals surface area contributed by atoms with Crippen molar-refractivity contribution in [2.45, 2.75) is 26.3 Å². The first kappa shape index (κ1) is 13.9. The molecular formula is C16H16ClFO. The predicted octanol–water partition coefficient (Wildman–Crippen LogP) is 4.76. The van der Waals surface area contributed by atoms with Gasteiger partial charge in [-0.2, -0.15) is 0 Å². The topological polar surface area (TPSA) is 9.23 Å². The Balaban J connectivity index is 2.15. The minimum atomic E-state index is -0.371. The molecular weight excluding hydrogens is 263 g/mol. The lowest BCUT2D eigenvalue weighted by molar-refractivity contribution is 0.289. The monoisotopic (exact) mass is 278 g/mol. The zero-order valence-electron chi connectivity index (χ0n) is 11.0. The van der Waals surface area contributed by atoms with Gasteiger partial charge in [0.2, 0.25) is 0 Å². The van der Waals surface area contributed by atoms with Crippen LogP contribution in [0.2, 0.25) is 0 Å². The van der Waals surface area contributed by atoms with Crippen molar-refractivity contribution < 1.29 is 9.13 Å². The molecule has 0 heterocycles. The molecule has 0 N–H and O–H groups in total. The molecule has 100 valence electrons. The number of hydrogen-bond acceptors (Lipinski definition) is 1. The summed E-state index contributed by atoms with van der Waals surface area (Å²) in [7, 11) is 0. The van der Waals surface area contributed by atoms with Gasteiger partial charge in [0.25, 0.3) is 0 Å². The molecule has 0 unspecified atom stereocenters. The van der Waals surface area contributed by atoms with Crippen LogP contribution < -0.4 is 4.74 Å². The van der Waals surface area contributed by atoms with Crippen molar-refractivity contribution in [2.75, 3.05) is 0 Å². The van der Waals surface area contributed by atoms with Crippen molar-refractivity contribution in [3.05, 3.63) is 64.5 Å². The van der Waals surface area contributed by atoms with Gasteiger partial charge in [-0.25, -0.2) is 4.39 Å². The summed E-state index contributed by atoms with van der Waals surface area (Å²) in [6.07, 6.45) is 0. The maximum atomic E-state index is 13.8. The zero-order valence-corrected chi connectivity index (χ0v) is 11.8. The van der Waals surface area contributed by atoms with Crippen LogP contribution in [0.1, 0.15) is 22.3 Å². The van der Waals surface area contributed by atoms with Crippen LogP contribution in [0.4, 0.5) is 4.39 Å². The minimum Gasteiger partial charge on any atom is -0.486 e. The average molecular weight is 279 g/mol. The van der Waals surface area contributed by atoms with Crippen LogP contribution in [0.3, 0.4) is 0 Å². The first-order valence-corrected chi connectivity index (χ1v) is 6.67. The SMILES string of the molecule is Cc1cccc(C)c1COc1ccc(CCl)cc1F. The number of ether oxygens (including phenoxy) is 1. The molecule has 0 bridgehead atoms. The Morgan fingerprint density at radius 2 is 1.79 bits per heavy atom. The van der Waals surface area contributed by atoms with Gasteiger partial charge in [0.05, 0.1) is 0 Å². The van der Waals surface area contributed by atoms with Gasteiger partial charge < -0.3 is 4.74 Å². The van der Waals surface area contributed by atoms with Gasteiger partial charge in [-0.1, -0.05) is 24.3 Å². The Hall–Kier alpha value is -1.54. The highest BCUT2D eigenvalue weighted by atomic mass is 35.5. The third kappa shape index (κ3) is 3.27. The molecule has 2 aromatic rings. The molecule has 0 aliphatic rings. The summed E-state index contributed by atoms with van der Waals surface area (Å²) in [5.74, 6) is 0.189. The molecule has 0 saturated carbocycles. The molecule has 0 fully saturated rings. The second kappa shape index (κ2) is 6.07. The van der Waals surface area contributed by atoms with Crippen LogP contribution in [0.25, 0.3) is 0 Å². The Kier molecular flexibility index (Phi) is 4.43. The Morgan fingerprint density at radius 1 is 1.11 bits per heavy atom. The molecule has 0 amide bonds. The van der Waals surface area contributed by atoms with Crippen LogP contribution in [0, 0.1) is 19.7 Å². The van der Waals surface area contributed by atoms with Crippen LogP contribution in [-0.4, -0.2) is 0 Å². The molecule has 0 radical (unpaired) electrons. The number of rotatable bonds is 4. The van der Waals surface area contributed by atoms with Gasteiger partial charge in [0.15, 0.2) is 11.6 Å². The van der Waals surface area contributed by atoms with Crippen LogP contribution in [-0.2, 0) is 12.5 Å². The smallest absolute Gasteiger partial charge is 0.165 e. The van der Waals surface area contributed by atoms with E-state index in [0.29, 0.717) is 12.5 Å². The lowest BCUT2D eigenvalue weighted by atomic mass is 10.0. The van der Waals surface area contributed by atoms with Gasteiger partial charge >= 0.3 is 0 Å². The standard InChI is InChI=1S/C16H16ClFO/c1-11-4-3-5-12(2)14(11)10-19-16-7-6-13(9-17)8-15(16)18/h3-8H,9-10H2,1-2H3. The molecule has 3 heteroatoms. The molecule has 2 aromatic carbocycles. The second-order valence-electron chi connectivity index (χ2n) is 4.56. The van der Waals surface area contributed by atoms with E-state index in [-0.39, 0.29) is 11.6 Å². The number of benzene rings is 2. The maximum absolute atomic E-state index is 13.8. The van der Waals surface area contributed by atoms with E-state index in [1.54, 1.807) is 12.1 Å². The average Bonchev–Trinajstić information content (AvgIpc) is 2.39. The van der Waals surface area contributed by atoms with Crippen molar-refractivity contribution in [3.8, 4) is 5.75 Å². The quantitative estimate of drug-likeness (QED) is 0.733. The predicted molar refractivity (Wildman–Crippen MR) is 76.2 cm³/mol. The van der Waals surface area contributed by atoms with E-state index < -0.39 is 0 Å². The van der Waals surface area contributed by atoms with Gasteiger partial charge in [0, 0.05) is 5.88 Å². The molecule has 0 saturated heterocycles. The largest absolute Gasteiger partial charge is 0.486 e. The van der Waals surface area contributed by atoms with Crippen LogP contribution in [0.15, 0.2) is 36.4 Å². The van der Waals surface area contributed by atoms with Crippen molar-refractivity contribution in [1.29, 1.82) is 0 Å². The van der Waals surface area contributed by atoms with E-state index in [4.69, 9.17) is 16.3 Å². The van der Waals surface area contributed by atoms with E-state index in [1.807, 2.05) is 32.0 Å². The fourth-order valence-electron chi connectivity index (χ4n) is 1.97. The first-order chi connectivity index (χ1) is 9.11. The highest BCUT2D eigenvalue weighted by Gasteiger charge is 2.07. The van der Waals surface area contributed by atoms with Crippen molar-refractivity contribution in [2.24, 2.45) is 0 Å². The normalized spacial score (nSPS) is 10.5. The molecule has 0 aromatic heterocycles. The fraction of sp³-hybridized carbons (Fsp3) is 0.250. The molecule has 0 atom stereocenters. The van der Waals surface area contributed by atoms with Crippen molar-refractivity contribution in [1.82, 2.24) is 0 Å². The molecule has 0 aliphatic carbocycles. The van der Waals surface area contributed by atoms with Gasteiger partial charge in [-0.15, -0.1) is 11.6 Å². The summed E-state index contributed by atoms with van der Waals surface area (Å²) in [6, 6.07) is 10.9. The van der Waals surface area contributed by atoms with Crippen LogP contribution >= 0.6 is 11.6 Å². The lowest BCUT2D eigenvalue weighted by Crippen LogP contribution is -2.02. The van der Waals surface area contributed by atoms with E-state index >= 15 is 0 Å². The summed E-state index contributed by atoms with van der Waals surface area (Å²) in [4.78, 5) is 0. The third-order valence-electron chi connectivity index (χ3n) is 3.17. The Morgan fingerprint density at radius 3 is 2.37 bits per heavy atom. The third-order valence-corrected chi connectivity index (χ3v) is 3.48. The summed E-state index contributed by atoms with van der Waals surface area (Å²) in [5.41, 5.74) is 4.15. The first-order valence-electron chi connectivity index (χ1n) is 6.14. The van der Waals surface area contributed by atoms with E-state index in [9.17, 15) is 4.39 Å². The Bertz CT molecular complexity index is 561. The van der Waals surface area contributed by atoms with Crippen LogP contribution in [0.5, 0.6) is 5.75 Å². The molecule has 19 heavy (non-hydrogen) atoms. The van der Waals surface area contributed by atoms with Gasteiger partial charge in [-0.3, -0.25) is 0 Å². The zero-order chi connectivity index (χ0) is 13.8. The Labute approximate surface area is 118 Å². The number of hydrogen-bond donors (Lipinski definition) is 0. The lowest BCUT2D eigenvalue weighted by Gasteiger charge is -2.12. The van der Waals surface area contributed by atoms with E-state index in [1.165, 1.54) is 6.07 Å². The number of alkyl halides is 1. The summed E-state index contributed by atoms with van der Waals surface area (Å²) < 4.78 is 19.3. The molecule has 1 nitrogen and oxygen atoms in total. The highest BCUT2D eigenvalue weighted by Crippen LogP contribution is 2.22. The molecule has 2 rings (SSSR count). The summed E-state index contributed by atoms with van der Waals surface area (Å²) >= 11 is 5.66.